The van der Waals surface area contributed by atoms with Gasteiger partial charge in [0, 0.05) is 44.5 Å². The van der Waals surface area contributed by atoms with E-state index >= 15 is 0 Å². The Labute approximate surface area is 202 Å². The predicted octanol–water partition coefficient (Wildman–Crippen LogP) is 2.55. The van der Waals surface area contributed by atoms with Crippen LogP contribution in [0.5, 0.6) is 5.75 Å². The molecular weight excluding hydrogens is 474 g/mol. The molecule has 0 aliphatic carbocycles. The van der Waals surface area contributed by atoms with E-state index < -0.39 is 14.9 Å². The molecule has 0 radical (unpaired) electrons. The Morgan fingerprint density at radius 3 is 2.43 bits per heavy atom. The van der Waals surface area contributed by atoms with Crippen molar-refractivity contribution in [3.63, 3.8) is 0 Å². The molecule has 3 aromatic rings. The maximum atomic E-state index is 13.1. The third kappa shape index (κ3) is 4.75. The first-order valence-corrected chi connectivity index (χ1v) is 12.3. The number of sulfonamides is 1. The van der Waals surface area contributed by atoms with Crippen LogP contribution in [-0.4, -0.2) is 71.5 Å². The fourth-order valence-corrected chi connectivity index (χ4v) is 5.63. The minimum atomic E-state index is -3.95. The van der Waals surface area contributed by atoms with Gasteiger partial charge in [-0.05, 0) is 43.2 Å². The van der Waals surface area contributed by atoms with Gasteiger partial charge in [0.1, 0.15) is 11.4 Å². The van der Waals surface area contributed by atoms with E-state index in [2.05, 4.69) is 5.10 Å². The normalized spacial score (nSPS) is 14.7. The van der Waals surface area contributed by atoms with Crippen LogP contribution in [-0.2, 0) is 10.0 Å². The Bertz CT molecular complexity index is 1390. The zero-order valence-corrected chi connectivity index (χ0v) is 20.4. The van der Waals surface area contributed by atoms with Gasteiger partial charge in [-0.1, -0.05) is 12.1 Å². The van der Waals surface area contributed by atoms with Crippen molar-refractivity contribution >= 4 is 21.6 Å². The van der Waals surface area contributed by atoms with Crippen LogP contribution in [0, 0.1) is 24.0 Å². The molecule has 11 nitrogen and oxygen atoms in total. The Kier molecular flexibility index (Phi) is 6.59. The largest absolute Gasteiger partial charge is 0.494 e. The van der Waals surface area contributed by atoms with Crippen molar-refractivity contribution in [3.05, 3.63) is 75.6 Å². The van der Waals surface area contributed by atoms with Crippen LogP contribution < -0.4 is 4.74 Å². The molecular formula is C23H25N5O6S. The standard InChI is InChI=1S/C23H25N5O6S/c1-16-4-7-21(34-3)20(14-16)27-9-8-19(24-27)23(29)25-10-12-26(13-11-25)35(32,33)22-15-18(28(30)31)6-5-17(22)2/h4-9,14-15H,10-13H2,1-3H3. The van der Waals surface area contributed by atoms with Gasteiger partial charge in [-0.15, -0.1) is 0 Å². The van der Waals surface area contributed by atoms with Gasteiger partial charge in [0.05, 0.1) is 16.9 Å². The van der Waals surface area contributed by atoms with Gasteiger partial charge in [-0.25, -0.2) is 13.1 Å². The minimum Gasteiger partial charge on any atom is -0.494 e. The maximum Gasteiger partial charge on any atom is 0.274 e. The molecule has 1 aliphatic heterocycles. The summed E-state index contributed by atoms with van der Waals surface area (Å²) in [4.78, 5) is 25.0. The van der Waals surface area contributed by atoms with E-state index in [9.17, 15) is 23.3 Å². The molecule has 2 aromatic carbocycles. The van der Waals surface area contributed by atoms with E-state index in [0.29, 0.717) is 17.0 Å². The predicted molar refractivity (Wildman–Crippen MR) is 127 cm³/mol. The lowest BCUT2D eigenvalue weighted by molar-refractivity contribution is -0.385. The maximum absolute atomic E-state index is 13.1. The minimum absolute atomic E-state index is 0.0720. The van der Waals surface area contributed by atoms with E-state index in [4.69, 9.17) is 4.74 Å². The van der Waals surface area contributed by atoms with Crippen LogP contribution in [0.2, 0.25) is 0 Å². The number of rotatable bonds is 6. The van der Waals surface area contributed by atoms with Gasteiger partial charge in [0.25, 0.3) is 11.6 Å². The summed E-state index contributed by atoms with van der Waals surface area (Å²) in [7, 11) is -2.39. The molecule has 0 bridgehead atoms. The number of methoxy groups -OCH3 is 1. The number of non-ortho nitro benzene ring substituents is 1. The third-order valence-electron chi connectivity index (χ3n) is 5.92. The molecule has 0 spiro atoms. The average Bonchev–Trinajstić information content (AvgIpc) is 3.34. The lowest BCUT2D eigenvalue weighted by Crippen LogP contribution is -2.50. The molecule has 1 fully saturated rings. The second-order valence-corrected chi connectivity index (χ2v) is 10.1. The molecule has 0 unspecified atom stereocenters. The monoisotopic (exact) mass is 499 g/mol. The smallest absolute Gasteiger partial charge is 0.274 e. The van der Waals surface area contributed by atoms with Crippen molar-refractivity contribution in [1.29, 1.82) is 0 Å². The van der Waals surface area contributed by atoms with Crippen molar-refractivity contribution in [2.45, 2.75) is 18.7 Å². The lowest BCUT2D eigenvalue weighted by atomic mass is 10.2. The highest BCUT2D eigenvalue weighted by Gasteiger charge is 2.33. The summed E-state index contributed by atoms with van der Waals surface area (Å²) >= 11 is 0. The Morgan fingerprint density at radius 2 is 1.77 bits per heavy atom. The molecule has 1 aromatic heterocycles. The molecule has 184 valence electrons. The fourth-order valence-electron chi connectivity index (χ4n) is 3.96. The number of aromatic nitrogens is 2. The molecule has 2 heterocycles. The number of carbonyl (C=O) groups excluding carboxylic acids is 1. The molecule has 0 N–H and O–H groups in total. The van der Waals surface area contributed by atoms with Gasteiger partial charge in [-0.2, -0.15) is 9.40 Å². The summed E-state index contributed by atoms with van der Waals surface area (Å²) in [5.74, 6) is 0.312. The molecule has 4 rings (SSSR count). The lowest BCUT2D eigenvalue weighted by Gasteiger charge is -2.33. The number of hydrogen-bond acceptors (Lipinski definition) is 7. The zero-order valence-electron chi connectivity index (χ0n) is 19.5. The average molecular weight is 500 g/mol. The summed E-state index contributed by atoms with van der Waals surface area (Å²) < 4.78 is 34.5. The molecule has 0 saturated carbocycles. The van der Waals surface area contributed by atoms with Crippen molar-refractivity contribution in [2.24, 2.45) is 0 Å². The topological polar surface area (TPSA) is 128 Å². The third-order valence-corrected chi connectivity index (χ3v) is 7.96. The van der Waals surface area contributed by atoms with Crippen LogP contribution in [0.15, 0.2) is 53.6 Å². The molecule has 1 aliphatic rings. The van der Waals surface area contributed by atoms with Crippen LogP contribution in [0.1, 0.15) is 21.6 Å². The highest BCUT2D eigenvalue weighted by Crippen LogP contribution is 2.26. The van der Waals surface area contributed by atoms with E-state index in [1.165, 1.54) is 16.4 Å². The molecule has 1 amide bonds. The summed E-state index contributed by atoms with van der Waals surface area (Å²) in [6.07, 6.45) is 1.68. The van der Waals surface area contributed by atoms with Crippen LogP contribution in [0.3, 0.4) is 0 Å². The Balaban J connectivity index is 1.48. The van der Waals surface area contributed by atoms with Gasteiger partial charge >= 0.3 is 0 Å². The van der Waals surface area contributed by atoms with Crippen molar-refractivity contribution in [2.75, 3.05) is 33.3 Å². The van der Waals surface area contributed by atoms with E-state index in [1.54, 1.807) is 35.9 Å². The van der Waals surface area contributed by atoms with Crippen LogP contribution >= 0.6 is 0 Å². The quantitative estimate of drug-likeness (QED) is 0.377. The number of benzene rings is 2. The van der Waals surface area contributed by atoms with Gasteiger partial charge in [-0.3, -0.25) is 14.9 Å². The highest BCUT2D eigenvalue weighted by molar-refractivity contribution is 7.89. The van der Waals surface area contributed by atoms with E-state index in [1.807, 2.05) is 25.1 Å². The van der Waals surface area contributed by atoms with E-state index in [-0.39, 0.29) is 48.4 Å². The summed E-state index contributed by atoms with van der Waals surface area (Å²) in [5, 5.41) is 15.5. The highest BCUT2D eigenvalue weighted by atomic mass is 32.2. The second kappa shape index (κ2) is 9.47. The Hall–Kier alpha value is -3.77. The number of ether oxygens (including phenoxy) is 1. The molecule has 1 saturated heterocycles. The first kappa shape index (κ1) is 24.4. The molecule has 0 atom stereocenters. The van der Waals surface area contributed by atoms with Crippen LogP contribution in [0.25, 0.3) is 5.69 Å². The first-order valence-electron chi connectivity index (χ1n) is 10.9. The first-order chi connectivity index (χ1) is 16.6. The fraction of sp³-hybridized carbons (Fsp3) is 0.304. The van der Waals surface area contributed by atoms with Gasteiger partial charge < -0.3 is 9.64 Å². The van der Waals surface area contributed by atoms with Crippen molar-refractivity contribution in [3.8, 4) is 11.4 Å². The number of nitrogens with zero attached hydrogens (tertiary/aromatic N) is 5. The van der Waals surface area contributed by atoms with Gasteiger partial charge in [0.2, 0.25) is 10.0 Å². The van der Waals surface area contributed by atoms with Crippen LogP contribution in [0.4, 0.5) is 5.69 Å². The zero-order chi connectivity index (χ0) is 25.3. The van der Waals surface area contributed by atoms with Crippen molar-refractivity contribution < 1.29 is 22.9 Å². The second-order valence-electron chi connectivity index (χ2n) is 8.22. The number of piperazine rings is 1. The number of carbonyl (C=O) groups is 1. The summed E-state index contributed by atoms with van der Waals surface area (Å²) in [6, 6.07) is 11.0. The van der Waals surface area contributed by atoms with E-state index in [0.717, 1.165) is 11.6 Å². The summed E-state index contributed by atoms with van der Waals surface area (Å²) in [5.41, 5.74) is 2.09. The number of aryl methyl sites for hydroxylation is 2. The number of amides is 1. The summed E-state index contributed by atoms with van der Waals surface area (Å²) in [6.45, 7) is 4.03. The number of nitro benzene ring substituents is 1. The molecule has 35 heavy (non-hydrogen) atoms. The molecule has 12 heteroatoms. The van der Waals surface area contributed by atoms with Gasteiger partial charge in [0.15, 0.2) is 5.69 Å². The Morgan fingerprint density at radius 1 is 1.06 bits per heavy atom. The van der Waals surface area contributed by atoms with Crippen molar-refractivity contribution in [1.82, 2.24) is 19.0 Å². The SMILES string of the molecule is COc1ccc(C)cc1-n1ccc(C(=O)N2CCN(S(=O)(=O)c3cc([N+](=O)[O-])ccc3C)CC2)n1. The number of hydrogen-bond donors (Lipinski definition) is 0. The number of nitro groups is 1.